The van der Waals surface area contributed by atoms with E-state index in [1.807, 2.05) is 6.92 Å². The van der Waals surface area contributed by atoms with Gasteiger partial charge in [0.05, 0.1) is 12.2 Å². The summed E-state index contributed by atoms with van der Waals surface area (Å²) < 4.78 is 11.7. The zero-order chi connectivity index (χ0) is 10.9. The Morgan fingerprint density at radius 3 is 2.38 bits per heavy atom. The van der Waals surface area contributed by atoms with Gasteiger partial charge < -0.3 is 15.2 Å². The summed E-state index contributed by atoms with van der Waals surface area (Å²) in [4.78, 5) is 0. The van der Waals surface area contributed by atoms with Crippen molar-refractivity contribution in [2.75, 3.05) is 0 Å². The first-order chi connectivity index (χ1) is 7.69. The minimum absolute atomic E-state index is 0.00200. The van der Waals surface area contributed by atoms with Crippen molar-refractivity contribution in [2.45, 2.75) is 63.6 Å². The zero-order valence-corrected chi connectivity index (χ0v) is 9.89. The summed E-state index contributed by atoms with van der Waals surface area (Å²) in [5, 5.41) is 0. The molecule has 4 aliphatic rings. The lowest BCUT2D eigenvalue weighted by molar-refractivity contribution is -0.0774. The van der Waals surface area contributed by atoms with E-state index in [1.165, 1.54) is 19.3 Å². The maximum atomic E-state index is 6.49. The molecule has 1 heterocycles. The standard InChI is InChI=1S/C13H21NO2/c1-7-15-10-5-13(6-11(10)16-7)9-3-2-8(4-9)12(13)14/h7-12H,2-6,14H2,1H3/t7-,8-,9+,10-,11?,12-,13-/m1/s1. The molecule has 1 aliphatic heterocycles. The Kier molecular flexibility index (Phi) is 1.85. The molecule has 3 aliphatic carbocycles. The fourth-order valence-electron chi connectivity index (χ4n) is 5.10. The smallest absolute Gasteiger partial charge is 0.155 e. The molecule has 0 aromatic rings. The molecule has 4 rings (SSSR count). The highest BCUT2D eigenvalue weighted by atomic mass is 16.7. The van der Waals surface area contributed by atoms with Gasteiger partial charge in [0, 0.05) is 6.04 Å². The van der Waals surface area contributed by atoms with E-state index >= 15 is 0 Å². The number of nitrogens with two attached hydrogens (primary N) is 1. The largest absolute Gasteiger partial charge is 0.347 e. The van der Waals surface area contributed by atoms with Gasteiger partial charge in [0.2, 0.25) is 0 Å². The fraction of sp³-hybridized carbons (Fsp3) is 1.00. The lowest BCUT2D eigenvalue weighted by Crippen LogP contribution is -2.45. The molecule has 90 valence electrons. The number of ether oxygens (including phenoxy) is 2. The van der Waals surface area contributed by atoms with Crippen LogP contribution in [-0.2, 0) is 9.47 Å². The molecule has 2 bridgehead atoms. The number of hydrogen-bond acceptors (Lipinski definition) is 3. The minimum atomic E-state index is 0.00200. The second kappa shape index (κ2) is 3.01. The van der Waals surface area contributed by atoms with Crippen LogP contribution in [0.25, 0.3) is 0 Å². The molecule has 1 saturated heterocycles. The molecule has 16 heavy (non-hydrogen) atoms. The fourth-order valence-corrected chi connectivity index (χ4v) is 5.10. The predicted octanol–water partition coefficient (Wildman–Crippen LogP) is 1.65. The van der Waals surface area contributed by atoms with E-state index in [0.29, 0.717) is 23.7 Å². The molecule has 4 fully saturated rings. The summed E-state index contributed by atoms with van der Waals surface area (Å²) in [5.41, 5.74) is 6.86. The molecule has 0 radical (unpaired) electrons. The van der Waals surface area contributed by atoms with Crippen molar-refractivity contribution in [3.8, 4) is 0 Å². The second-order valence-electron chi connectivity index (χ2n) is 6.35. The third-order valence-electron chi connectivity index (χ3n) is 5.77. The first-order valence-electron chi connectivity index (χ1n) is 6.75. The topological polar surface area (TPSA) is 44.5 Å². The lowest BCUT2D eigenvalue weighted by Gasteiger charge is -2.39. The third-order valence-corrected chi connectivity index (χ3v) is 5.77. The Balaban J connectivity index is 1.62. The van der Waals surface area contributed by atoms with E-state index in [0.717, 1.165) is 24.7 Å². The van der Waals surface area contributed by atoms with Crippen LogP contribution in [0.1, 0.15) is 39.0 Å². The molecule has 0 aromatic carbocycles. The minimum Gasteiger partial charge on any atom is -0.347 e. The molecule has 0 amide bonds. The second-order valence-corrected chi connectivity index (χ2v) is 6.35. The molecule has 7 atom stereocenters. The molecule has 1 unspecified atom stereocenters. The van der Waals surface area contributed by atoms with Crippen LogP contribution in [0.5, 0.6) is 0 Å². The Hall–Kier alpha value is -0.120. The summed E-state index contributed by atoms with van der Waals surface area (Å²) in [6.07, 6.45) is 7.11. The highest BCUT2D eigenvalue weighted by Gasteiger charge is 2.63. The van der Waals surface area contributed by atoms with Crippen molar-refractivity contribution < 1.29 is 9.47 Å². The molecule has 2 N–H and O–H groups in total. The van der Waals surface area contributed by atoms with Crippen molar-refractivity contribution in [3.05, 3.63) is 0 Å². The van der Waals surface area contributed by atoms with E-state index in [2.05, 4.69) is 0 Å². The van der Waals surface area contributed by atoms with Crippen molar-refractivity contribution in [3.63, 3.8) is 0 Å². The third kappa shape index (κ3) is 1.05. The average molecular weight is 223 g/mol. The van der Waals surface area contributed by atoms with Crippen LogP contribution in [0, 0.1) is 17.3 Å². The van der Waals surface area contributed by atoms with Gasteiger partial charge in [0.25, 0.3) is 0 Å². The van der Waals surface area contributed by atoms with Gasteiger partial charge in [-0.3, -0.25) is 0 Å². The zero-order valence-electron chi connectivity index (χ0n) is 9.89. The van der Waals surface area contributed by atoms with Gasteiger partial charge in [-0.05, 0) is 56.3 Å². The maximum Gasteiger partial charge on any atom is 0.155 e. The van der Waals surface area contributed by atoms with Gasteiger partial charge >= 0.3 is 0 Å². The van der Waals surface area contributed by atoms with Gasteiger partial charge in [-0.25, -0.2) is 0 Å². The summed E-state index contributed by atoms with van der Waals surface area (Å²) in [6, 6.07) is 0.416. The van der Waals surface area contributed by atoms with Crippen molar-refractivity contribution in [2.24, 2.45) is 23.0 Å². The van der Waals surface area contributed by atoms with E-state index in [4.69, 9.17) is 15.2 Å². The van der Waals surface area contributed by atoms with Gasteiger partial charge in [0.1, 0.15) is 0 Å². The number of fused-ring (bicyclic) bond motifs is 4. The number of rotatable bonds is 0. The van der Waals surface area contributed by atoms with Crippen LogP contribution in [0.3, 0.4) is 0 Å². The van der Waals surface area contributed by atoms with E-state index in [9.17, 15) is 0 Å². The van der Waals surface area contributed by atoms with Gasteiger partial charge in [-0.1, -0.05) is 0 Å². The van der Waals surface area contributed by atoms with E-state index in [1.54, 1.807) is 0 Å². The van der Waals surface area contributed by atoms with Crippen molar-refractivity contribution in [1.29, 1.82) is 0 Å². The Morgan fingerprint density at radius 1 is 1.12 bits per heavy atom. The first-order valence-corrected chi connectivity index (χ1v) is 6.75. The highest BCUT2D eigenvalue weighted by molar-refractivity contribution is 5.14. The Bertz CT molecular complexity index is 301. The Morgan fingerprint density at radius 2 is 1.81 bits per heavy atom. The van der Waals surface area contributed by atoms with Crippen LogP contribution in [0.4, 0.5) is 0 Å². The summed E-state index contributed by atoms with van der Waals surface area (Å²) >= 11 is 0. The molecule has 3 saturated carbocycles. The highest BCUT2D eigenvalue weighted by Crippen LogP contribution is 2.63. The Labute approximate surface area is 96.7 Å². The van der Waals surface area contributed by atoms with Crippen LogP contribution < -0.4 is 5.73 Å². The van der Waals surface area contributed by atoms with E-state index in [-0.39, 0.29) is 6.29 Å². The molecular formula is C13H21NO2. The summed E-state index contributed by atoms with van der Waals surface area (Å²) in [5.74, 6) is 1.65. The maximum absolute atomic E-state index is 6.49. The average Bonchev–Trinajstić information content (AvgIpc) is 2.89. The van der Waals surface area contributed by atoms with E-state index < -0.39 is 0 Å². The molecule has 3 nitrogen and oxygen atoms in total. The van der Waals surface area contributed by atoms with Gasteiger partial charge in [-0.2, -0.15) is 0 Å². The molecule has 0 aromatic heterocycles. The summed E-state index contributed by atoms with van der Waals surface area (Å²) in [7, 11) is 0. The van der Waals surface area contributed by atoms with Crippen molar-refractivity contribution in [1.82, 2.24) is 0 Å². The number of hydrogen-bond donors (Lipinski definition) is 1. The van der Waals surface area contributed by atoms with Gasteiger partial charge in [-0.15, -0.1) is 0 Å². The SMILES string of the molecule is C[C@H]1OC2C[C@]3(C[C@H]2O1)[C@H]1CC[C@H](C1)[C@H]3N. The van der Waals surface area contributed by atoms with Crippen LogP contribution >= 0.6 is 0 Å². The molecule has 3 heteroatoms. The van der Waals surface area contributed by atoms with Gasteiger partial charge in [0.15, 0.2) is 6.29 Å². The van der Waals surface area contributed by atoms with Crippen LogP contribution in [-0.4, -0.2) is 24.5 Å². The lowest BCUT2D eigenvalue weighted by atomic mass is 9.68. The normalized spacial score (nSPS) is 63.4. The predicted molar refractivity (Wildman–Crippen MR) is 59.7 cm³/mol. The first kappa shape index (κ1) is 9.86. The van der Waals surface area contributed by atoms with Crippen LogP contribution in [0.2, 0.25) is 0 Å². The monoisotopic (exact) mass is 223 g/mol. The molecular weight excluding hydrogens is 202 g/mol. The summed E-state index contributed by atoms with van der Waals surface area (Å²) in [6.45, 7) is 2.01. The quantitative estimate of drug-likeness (QED) is 0.679. The van der Waals surface area contributed by atoms with Crippen molar-refractivity contribution >= 4 is 0 Å². The van der Waals surface area contributed by atoms with Crippen LogP contribution in [0.15, 0.2) is 0 Å². The molecule has 1 spiro atoms.